The first-order valence-corrected chi connectivity index (χ1v) is 6.90. The van der Waals surface area contributed by atoms with Crippen LogP contribution >= 0.6 is 0 Å². The van der Waals surface area contributed by atoms with Crippen molar-refractivity contribution in [2.45, 2.75) is 19.9 Å². The van der Waals surface area contributed by atoms with Crippen LogP contribution in [0.2, 0.25) is 0 Å². The molecule has 0 atom stereocenters. The molecule has 1 N–H and O–H groups in total. The third-order valence-corrected chi connectivity index (χ3v) is 3.67. The normalized spacial score (nSPS) is 13.8. The molecule has 1 aliphatic heterocycles. The number of carbonyl (C=O) groups is 1. The van der Waals surface area contributed by atoms with Crippen molar-refractivity contribution in [2.75, 3.05) is 38.6 Å². The minimum Gasteiger partial charge on any atom is -0.362 e. The van der Waals surface area contributed by atoms with Crippen LogP contribution in [-0.4, -0.2) is 44.5 Å². The Labute approximate surface area is 115 Å². The van der Waals surface area contributed by atoms with Gasteiger partial charge < -0.3 is 15.1 Å². The maximum absolute atomic E-state index is 11.9. The smallest absolute Gasteiger partial charge is 0.241 e. The summed E-state index contributed by atoms with van der Waals surface area (Å²) < 4.78 is 0. The number of hydrogen-bond donors (Lipinski definition) is 1. The van der Waals surface area contributed by atoms with Crippen molar-refractivity contribution in [3.05, 3.63) is 29.3 Å². The summed E-state index contributed by atoms with van der Waals surface area (Å²) in [4.78, 5) is 15.7. The SMILES string of the molecule is CCN(CC(=O)N(C)C)c1cccc2c1CNCC2. The third kappa shape index (κ3) is 3.07. The molecule has 104 valence electrons. The summed E-state index contributed by atoms with van der Waals surface area (Å²) in [6.45, 7) is 5.33. The Balaban J connectivity index is 2.25. The van der Waals surface area contributed by atoms with E-state index >= 15 is 0 Å². The van der Waals surface area contributed by atoms with E-state index in [0.29, 0.717) is 6.54 Å². The Morgan fingerprint density at radius 1 is 1.37 bits per heavy atom. The average Bonchev–Trinajstić information content (AvgIpc) is 2.44. The molecule has 0 spiro atoms. The molecule has 0 fully saturated rings. The van der Waals surface area contributed by atoms with Crippen molar-refractivity contribution in [1.82, 2.24) is 10.2 Å². The second kappa shape index (κ2) is 6.06. The predicted octanol–water partition coefficient (Wildman–Crippen LogP) is 1.25. The fourth-order valence-corrected chi connectivity index (χ4v) is 2.46. The molecule has 1 aromatic rings. The molecule has 1 amide bonds. The fraction of sp³-hybridized carbons (Fsp3) is 0.533. The van der Waals surface area contributed by atoms with E-state index < -0.39 is 0 Å². The molecule has 19 heavy (non-hydrogen) atoms. The molecule has 0 radical (unpaired) electrons. The summed E-state index contributed by atoms with van der Waals surface area (Å²) in [5.74, 6) is 0.142. The Bertz CT molecular complexity index is 457. The Kier molecular flexibility index (Phi) is 4.43. The summed E-state index contributed by atoms with van der Waals surface area (Å²) in [7, 11) is 3.61. The summed E-state index contributed by atoms with van der Waals surface area (Å²) in [6, 6.07) is 6.42. The van der Waals surface area contributed by atoms with Gasteiger partial charge in [0.15, 0.2) is 0 Å². The second-order valence-electron chi connectivity index (χ2n) is 5.14. The van der Waals surface area contributed by atoms with Crippen molar-refractivity contribution in [3.8, 4) is 0 Å². The van der Waals surface area contributed by atoms with Gasteiger partial charge in [-0.25, -0.2) is 0 Å². The van der Waals surface area contributed by atoms with Crippen LogP contribution in [0.4, 0.5) is 5.69 Å². The van der Waals surface area contributed by atoms with Crippen molar-refractivity contribution >= 4 is 11.6 Å². The van der Waals surface area contributed by atoms with Crippen LogP contribution in [0, 0.1) is 0 Å². The van der Waals surface area contributed by atoms with Gasteiger partial charge in [0, 0.05) is 32.9 Å². The molecule has 4 heteroatoms. The lowest BCUT2D eigenvalue weighted by atomic mass is 9.98. The molecular formula is C15H23N3O. The Hall–Kier alpha value is -1.55. The first kappa shape index (κ1) is 13.9. The van der Waals surface area contributed by atoms with Crippen LogP contribution in [0.5, 0.6) is 0 Å². The van der Waals surface area contributed by atoms with E-state index in [-0.39, 0.29) is 5.91 Å². The zero-order chi connectivity index (χ0) is 13.8. The number of hydrogen-bond acceptors (Lipinski definition) is 3. The molecule has 0 saturated carbocycles. The van der Waals surface area contributed by atoms with Gasteiger partial charge in [-0.15, -0.1) is 0 Å². The van der Waals surface area contributed by atoms with Crippen LogP contribution in [0.3, 0.4) is 0 Å². The number of likely N-dealkylation sites (N-methyl/N-ethyl adjacent to an activating group) is 2. The van der Waals surface area contributed by atoms with Gasteiger partial charge in [-0.3, -0.25) is 4.79 Å². The van der Waals surface area contributed by atoms with E-state index in [0.717, 1.165) is 26.1 Å². The number of amides is 1. The van der Waals surface area contributed by atoms with Gasteiger partial charge in [0.25, 0.3) is 0 Å². The van der Waals surface area contributed by atoms with E-state index in [1.165, 1.54) is 16.8 Å². The summed E-state index contributed by atoms with van der Waals surface area (Å²) in [6.07, 6.45) is 1.07. The van der Waals surface area contributed by atoms with E-state index in [2.05, 4.69) is 35.3 Å². The molecule has 0 aromatic heterocycles. The molecule has 1 aromatic carbocycles. The molecule has 1 heterocycles. The highest BCUT2D eigenvalue weighted by atomic mass is 16.2. The summed E-state index contributed by atoms with van der Waals surface area (Å²) in [5.41, 5.74) is 3.96. The molecule has 0 aliphatic carbocycles. The second-order valence-corrected chi connectivity index (χ2v) is 5.14. The molecule has 0 bridgehead atoms. The topological polar surface area (TPSA) is 35.6 Å². The quantitative estimate of drug-likeness (QED) is 0.886. The monoisotopic (exact) mass is 261 g/mol. The van der Waals surface area contributed by atoms with Crippen LogP contribution in [0.15, 0.2) is 18.2 Å². The maximum Gasteiger partial charge on any atom is 0.241 e. The van der Waals surface area contributed by atoms with Gasteiger partial charge in [-0.05, 0) is 37.1 Å². The van der Waals surface area contributed by atoms with E-state index in [1.54, 1.807) is 19.0 Å². The largest absolute Gasteiger partial charge is 0.362 e. The third-order valence-electron chi connectivity index (χ3n) is 3.67. The van der Waals surface area contributed by atoms with Crippen LogP contribution in [0.25, 0.3) is 0 Å². The summed E-state index contributed by atoms with van der Waals surface area (Å²) >= 11 is 0. The van der Waals surface area contributed by atoms with Gasteiger partial charge in [0.2, 0.25) is 5.91 Å². The number of nitrogens with zero attached hydrogens (tertiary/aromatic N) is 2. The Morgan fingerprint density at radius 3 is 2.84 bits per heavy atom. The van der Waals surface area contributed by atoms with Gasteiger partial charge in [0.05, 0.1) is 6.54 Å². The Morgan fingerprint density at radius 2 is 2.16 bits per heavy atom. The first-order valence-electron chi connectivity index (χ1n) is 6.90. The summed E-state index contributed by atoms with van der Waals surface area (Å²) in [5, 5.41) is 3.41. The van der Waals surface area contributed by atoms with Gasteiger partial charge >= 0.3 is 0 Å². The van der Waals surface area contributed by atoms with Crippen LogP contribution in [-0.2, 0) is 17.8 Å². The molecule has 1 aliphatic rings. The lowest BCUT2D eigenvalue weighted by Crippen LogP contribution is -2.38. The highest BCUT2D eigenvalue weighted by Gasteiger charge is 2.18. The van der Waals surface area contributed by atoms with Crippen molar-refractivity contribution in [2.24, 2.45) is 0 Å². The number of fused-ring (bicyclic) bond motifs is 1. The van der Waals surface area contributed by atoms with E-state index in [1.807, 2.05) is 0 Å². The predicted molar refractivity (Wildman–Crippen MR) is 78.4 cm³/mol. The standard InChI is InChI=1S/C15H23N3O/c1-4-18(11-15(19)17(2)3)14-7-5-6-12-8-9-16-10-13(12)14/h5-7,16H,4,8-11H2,1-3H3. The van der Waals surface area contributed by atoms with Crippen LogP contribution < -0.4 is 10.2 Å². The van der Waals surface area contributed by atoms with Crippen molar-refractivity contribution in [1.29, 1.82) is 0 Å². The zero-order valence-corrected chi connectivity index (χ0v) is 12.1. The molecule has 0 saturated heterocycles. The molecular weight excluding hydrogens is 238 g/mol. The lowest BCUT2D eigenvalue weighted by Gasteiger charge is -2.29. The lowest BCUT2D eigenvalue weighted by molar-refractivity contribution is -0.127. The van der Waals surface area contributed by atoms with Gasteiger partial charge in [0.1, 0.15) is 0 Å². The maximum atomic E-state index is 11.9. The highest BCUT2D eigenvalue weighted by molar-refractivity contribution is 5.81. The fourth-order valence-electron chi connectivity index (χ4n) is 2.46. The highest BCUT2D eigenvalue weighted by Crippen LogP contribution is 2.26. The average molecular weight is 261 g/mol. The van der Waals surface area contributed by atoms with Crippen molar-refractivity contribution in [3.63, 3.8) is 0 Å². The number of nitrogens with one attached hydrogen (secondary N) is 1. The van der Waals surface area contributed by atoms with E-state index in [9.17, 15) is 4.79 Å². The number of benzene rings is 1. The zero-order valence-electron chi connectivity index (χ0n) is 12.1. The van der Waals surface area contributed by atoms with E-state index in [4.69, 9.17) is 0 Å². The van der Waals surface area contributed by atoms with Gasteiger partial charge in [-0.2, -0.15) is 0 Å². The minimum absolute atomic E-state index is 0.142. The van der Waals surface area contributed by atoms with Crippen molar-refractivity contribution < 1.29 is 4.79 Å². The number of carbonyl (C=O) groups excluding carboxylic acids is 1. The molecule has 2 rings (SSSR count). The van der Waals surface area contributed by atoms with Gasteiger partial charge in [-0.1, -0.05) is 12.1 Å². The number of anilines is 1. The molecule has 4 nitrogen and oxygen atoms in total. The first-order chi connectivity index (χ1) is 9.13. The molecule has 0 unspecified atom stereocenters. The number of rotatable bonds is 4. The van der Waals surface area contributed by atoms with Crippen LogP contribution in [0.1, 0.15) is 18.1 Å². The minimum atomic E-state index is 0.142.